The third-order valence-electron chi connectivity index (χ3n) is 3.54. The van der Waals surface area contributed by atoms with Gasteiger partial charge in [0.1, 0.15) is 5.75 Å². The van der Waals surface area contributed by atoms with Crippen LogP contribution in [0.25, 0.3) is 0 Å². The first-order valence-electron chi connectivity index (χ1n) is 7.35. The Bertz CT molecular complexity index is 496. The zero-order valence-corrected chi connectivity index (χ0v) is 12.4. The van der Waals surface area contributed by atoms with Crippen molar-refractivity contribution in [1.82, 2.24) is 0 Å². The smallest absolute Gasteiger partial charge is 0.275 e. The molecule has 0 bridgehead atoms. The molecule has 6 heteroatoms. The first kappa shape index (κ1) is 15.6. The fourth-order valence-electron chi connectivity index (χ4n) is 2.57. The lowest BCUT2D eigenvalue weighted by molar-refractivity contribution is -0.384. The molecule has 0 saturated heterocycles. The predicted molar refractivity (Wildman–Crippen MR) is 80.7 cm³/mol. The summed E-state index contributed by atoms with van der Waals surface area (Å²) in [7, 11) is 0. The third kappa shape index (κ3) is 4.60. The van der Waals surface area contributed by atoms with Crippen molar-refractivity contribution in [2.45, 2.75) is 57.8 Å². The van der Waals surface area contributed by atoms with Crippen LogP contribution in [-0.4, -0.2) is 28.3 Å². The highest BCUT2D eigenvalue weighted by molar-refractivity contribution is 5.56. The summed E-state index contributed by atoms with van der Waals surface area (Å²) < 4.78 is 5.57. The van der Waals surface area contributed by atoms with Gasteiger partial charge in [-0.05, 0) is 39.5 Å². The first-order valence-corrected chi connectivity index (χ1v) is 7.35. The summed E-state index contributed by atoms with van der Waals surface area (Å²) in [4.78, 5) is 10.6. The molecule has 2 N–H and O–H groups in total. The van der Waals surface area contributed by atoms with Crippen LogP contribution in [0.15, 0.2) is 18.2 Å². The number of aliphatic hydroxyl groups is 1. The predicted octanol–water partition coefficient (Wildman–Crippen LogP) is 3.10. The highest BCUT2D eigenvalue weighted by atomic mass is 16.6. The molecule has 6 nitrogen and oxygen atoms in total. The molecule has 116 valence electrons. The van der Waals surface area contributed by atoms with E-state index >= 15 is 0 Å². The Morgan fingerprint density at radius 1 is 1.29 bits per heavy atom. The van der Waals surface area contributed by atoms with Crippen LogP contribution in [0.4, 0.5) is 11.4 Å². The Kier molecular flexibility index (Phi) is 5.01. The molecule has 0 radical (unpaired) electrons. The van der Waals surface area contributed by atoms with Crippen LogP contribution in [0.2, 0.25) is 0 Å². The number of hydrogen-bond donors (Lipinski definition) is 2. The number of hydrogen-bond acceptors (Lipinski definition) is 5. The Morgan fingerprint density at radius 2 is 1.95 bits per heavy atom. The van der Waals surface area contributed by atoms with Crippen molar-refractivity contribution < 1.29 is 14.8 Å². The number of nitrogens with zero attached hydrogens (tertiary/aromatic N) is 1. The Morgan fingerprint density at radius 3 is 2.52 bits per heavy atom. The van der Waals surface area contributed by atoms with Crippen LogP contribution in [0.5, 0.6) is 5.75 Å². The number of benzene rings is 1. The van der Waals surface area contributed by atoms with Crippen molar-refractivity contribution in [3.8, 4) is 5.75 Å². The van der Waals surface area contributed by atoms with E-state index in [1.807, 2.05) is 13.8 Å². The second-order valence-corrected chi connectivity index (χ2v) is 5.79. The molecule has 1 aliphatic rings. The summed E-state index contributed by atoms with van der Waals surface area (Å²) in [5, 5.41) is 23.8. The number of anilines is 1. The second-order valence-electron chi connectivity index (χ2n) is 5.79. The molecule has 1 fully saturated rings. The maximum absolute atomic E-state index is 11.0. The first-order chi connectivity index (χ1) is 9.94. The van der Waals surface area contributed by atoms with Gasteiger partial charge in [-0.2, -0.15) is 0 Å². The molecule has 0 atom stereocenters. The quantitative estimate of drug-likeness (QED) is 0.644. The normalized spacial score (nSPS) is 22.1. The van der Waals surface area contributed by atoms with Gasteiger partial charge in [-0.1, -0.05) is 0 Å². The number of rotatable bonds is 5. The van der Waals surface area contributed by atoms with E-state index in [-0.39, 0.29) is 23.9 Å². The minimum Gasteiger partial charge on any atom is -0.491 e. The van der Waals surface area contributed by atoms with E-state index < -0.39 is 4.92 Å². The number of non-ortho nitro benzene ring substituents is 1. The van der Waals surface area contributed by atoms with Gasteiger partial charge in [0.2, 0.25) is 0 Å². The van der Waals surface area contributed by atoms with E-state index in [2.05, 4.69) is 5.32 Å². The molecule has 0 heterocycles. The fraction of sp³-hybridized carbons (Fsp3) is 0.600. The van der Waals surface area contributed by atoms with Crippen molar-refractivity contribution in [3.05, 3.63) is 28.3 Å². The number of nitro benzene ring substituents is 1. The van der Waals surface area contributed by atoms with Crippen LogP contribution in [0.3, 0.4) is 0 Å². The van der Waals surface area contributed by atoms with E-state index in [0.717, 1.165) is 25.7 Å². The number of nitro groups is 1. The lowest BCUT2D eigenvalue weighted by atomic mass is 9.93. The molecule has 0 aromatic heterocycles. The molecule has 0 amide bonds. The van der Waals surface area contributed by atoms with Gasteiger partial charge in [0.15, 0.2) is 0 Å². The van der Waals surface area contributed by atoms with Gasteiger partial charge in [-0.15, -0.1) is 0 Å². The van der Waals surface area contributed by atoms with Gasteiger partial charge < -0.3 is 15.2 Å². The van der Waals surface area contributed by atoms with Gasteiger partial charge in [0, 0.05) is 23.9 Å². The maximum atomic E-state index is 11.0. The van der Waals surface area contributed by atoms with Crippen molar-refractivity contribution in [3.63, 3.8) is 0 Å². The lowest BCUT2D eigenvalue weighted by Gasteiger charge is -2.27. The van der Waals surface area contributed by atoms with Crippen molar-refractivity contribution in [2.75, 3.05) is 5.32 Å². The number of aliphatic hydroxyl groups excluding tert-OH is 1. The Labute approximate surface area is 124 Å². The largest absolute Gasteiger partial charge is 0.491 e. The van der Waals surface area contributed by atoms with Crippen LogP contribution >= 0.6 is 0 Å². The Hall–Kier alpha value is -1.82. The van der Waals surface area contributed by atoms with E-state index in [1.54, 1.807) is 6.07 Å². The molecule has 1 saturated carbocycles. The average molecular weight is 294 g/mol. The molecule has 1 aromatic rings. The SMILES string of the molecule is CC(C)Oc1cc(NC2CCC(O)CC2)cc([N+](=O)[O-])c1. The van der Waals surface area contributed by atoms with E-state index in [0.29, 0.717) is 11.4 Å². The van der Waals surface area contributed by atoms with Crippen molar-refractivity contribution >= 4 is 11.4 Å². The monoisotopic (exact) mass is 294 g/mol. The molecule has 21 heavy (non-hydrogen) atoms. The molecule has 2 rings (SSSR count). The highest BCUT2D eigenvalue weighted by Crippen LogP contribution is 2.29. The zero-order chi connectivity index (χ0) is 15.4. The average Bonchev–Trinajstić information content (AvgIpc) is 2.40. The topological polar surface area (TPSA) is 84.6 Å². The summed E-state index contributed by atoms with van der Waals surface area (Å²) in [6.07, 6.45) is 3.01. The minimum absolute atomic E-state index is 0.0199. The molecule has 1 aromatic carbocycles. The Balaban J connectivity index is 2.13. The maximum Gasteiger partial charge on any atom is 0.275 e. The zero-order valence-electron chi connectivity index (χ0n) is 12.4. The summed E-state index contributed by atoms with van der Waals surface area (Å²) in [6.45, 7) is 3.77. The highest BCUT2D eigenvalue weighted by Gasteiger charge is 2.20. The number of nitrogens with one attached hydrogen (secondary N) is 1. The van der Waals surface area contributed by atoms with Crippen LogP contribution in [0.1, 0.15) is 39.5 Å². The van der Waals surface area contributed by atoms with Gasteiger partial charge in [-0.3, -0.25) is 10.1 Å². The van der Waals surface area contributed by atoms with E-state index in [1.165, 1.54) is 12.1 Å². The van der Waals surface area contributed by atoms with E-state index in [9.17, 15) is 15.2 Å². The summed E-state index contributed by atoms with van der Waals surface area (Å²) in [5.41, 5.74) is 0.715. The van der Waals surface area contributed by atoms with Gasteiger partial charge in [0.25, 0.3) is 5.69 Å². The minimum atomic E-state index is -0.414. The molecule has 0 unspecified atom stereocenters. The van der Waals surface area contributed by atoms with Gasteiger partial charge >= 0.3 is 0 Å². The standard InChI is InChI=1S/C15H22N2O4/c1-10(2)21-15-8-12(7-13(9-15)17(19)20)16-11-3-5-14(18)6-4-11/h7-11,14,16,18H,3-6H2,1-2H3. The summed E-state index contributed by atoms with van der Waals surface area (Å²) >= 11 is 0. The van der Waals surface area contributed by atoms with Gasteiger partial charge in [0.05, 0.1) is 23.2 Å². The second kappa shape index (κ2) is 6.76. The van der Waals surface area contributed by atoms with Gasteiger partial charge in [-0.25, -0.2) is 0 Å². The van der Waals surface area contributed by atoms with Crippen LogP contribution < -0.4 is 10.1 Å². The summed E-state index contributed by atoms with van der Waals surface area (Å²) in [6, 6.07) is 4.99. The van der Waals surface area contributed by atoms with Crippen molar-refractivity contribution in [2.24, 2.45) is 0 Å². The molecule has 0 aliphatic heterocycles. The third-order valence-corrected chi connectivity index (χ3v) is 3.54. The van der Waals surface area contributed by atoms with Crippen molar-refractivity contribution in [1.29, 1.82) is 0 Å². The molecular formula is C15H22N2O4. The molecule has 0 spiro atoms. The fourth-order valence-corrected chi connectivity index (χ4v) is 2.57. The van der Waals surface area contributed by atoms with Crippen LogP contribution in [0, 0.1) is 10.1 Å². The van der Waals surface area contributed by atoms with Crippen LogP contribution in [-0.2, 0) is 0 Å². The molecule has 1 aliphatic carbocycles. The number of ether oxygens (including phenoxy) is 1. The summed E-state index contributed by atoms with van der Waals surface area (Å²) in [5.74, 6) is 0.498. The lowest BCUT2D eigenvalue weighted by Crippen LogP contribution is -2.28. The van der Waals surface area contributed by atoms with E-state index in [4.69, 9.17) is 4.74 Å². The molecular weight excluding hydrogens is 272 g/mol.